The minimum Gasteiger partial charge on any atom is -0.352 e. The van der Waals surface area contributed by atoms with E-state index in [-0.39, 0.29) is 5.91 Å². The number of hydrogen-bond acceptors (Lipinski definition) is 5. The van der Waals surface area contributed by atoms with Crippen molar-refractivity contribution in [2.75, 3.05) is 12.0 Å². The molecule has 0 aliphatic rings. The summed E-state index contributed by atoms with van der Waals surface area (Å²) in [6, 6.07) is 1.74. The van der Waals surface area contributed by atoms with Crippen LogP contribution in [0.1, 0.15) is 22.5 Å². The van der Waals surface area contributed by atoms with Gasteiger partial charge in [0.1, 0.15) is 0 Å². The largest absolute Gasteiger partial charge is 0.352 e. The highest BCUT2D eigenvalue weighted by Crippen LogP contribution is 2.13. The second-order valence-electron chi connectivity index (χ2n) is 4.43. The summed E-state index contributed by atoms with van der Waals surface area (Å²) in [5.74, 6) is 5.22. The molecule has 7 heteroatoms. The van der Waals surface area contributed by atoms with Gasteiger partial charge in [0.25, 0.3) is 5.91 Å². The SMILES string of the molecule is Cc1cc(NN)c(C(=O)NCCCn2ccnc2)cn1. The third-order valence-electron chi connectivity index (χ3n) is 2.88. The van der Waals surface area contributed by atoms with Crippen LogP contribution in [0.5, 0.6) is 0 Å². The molecule has 2 heterocycles. The molecule has 0 radical (unpaired) electrons. The fourth-order valence-electron chi connectivity index (χ4n) is 1.84. The van der Waals surface area contributed by atoms with Gasteiger partial charge in [0.2, 0.25) is 0 Å². The van der Waals surface area contributed by atoms with Gasteiger partial charge in [0.05, 0.1) is 17.6 Å². The number of rotatable bonds is 6. The number of aryl methyl sites for hydroxylation is 2. The zero-order chi connectivity index (χ0) is 14.4. The number of imidazole rings is 1. The number of nitrogens with two attached hydrogens (primary N) is 1. The van der Waals surface area contributed by atoms with E-state index in [1.807, 2.05) is 17.7 Å². The quantitative estimate of drug-likeness (QED) is 0.409. The predicted molar refractivity (Wildman–Crippen MR) is 76.0 cm³/mol. The molecule has 20 heavy (non-hydrogen) atoms. The molecule has 2 rings (SSSR count). The molecule has 0 unspecified atom stereocenters. The van der Waals surface area contributed by atoms with E-state index in [4.69, 9.17) is 5.84 Å². The lowest BCUT2D eigenvalue weighted by Crippen LogP contribution is -2.27. The molecule has 2 aromatic heterocycles. The van der Waals surface area contributed by atoms with Crippen LogP contribution in [-0.2, 0) is 6.54 Å². The van der Waals surface area contributed by atoms with Crippen LogP contribution in [-0.4, -0.2) is 27.0 Å². The van der Waals surface area contributed by atoms with Crippen LogP contribution < -0.4 is 16.6 Å². The number of nitrogens with one attached hydrogen (secondary N) is 2. The summed E-state index contributed by atoms with van der Waals surface area (Å²) < 4.78 is 1.96. The molecule has 2 aromatic rings. The van der Waals surface area contributed by atoms with Gasteiger partial charge in [-0.05, 0) is 19.4 Å². The molecule has 0 spiro atoms. The van der Waals surface area contributed by atoms with Gasteiger partial charge in [-0.25, -0.2) is 4.98 Å². The van der Waals surface area contributed by atoms with E-state index in [1.54, 1.807) is 18.6 Å². The number of carbonyl (C=O) groups excluding carboxylic acids is 1. The smallest absolute Gasteiger partial charge is 0.255 e. The summed E-state index contributed by atoms with van der Waals surface area (Å²) in [6.45, 7) is 3.23. The van der Waals surface area contributed by atoms with E-state index >= 15 is 0 Å². The minimum atomic E-state index is -0.184. The first kappa shape index (κ1) is 14.0. The molecule has 106 valence electrons. The monoisotopic (exact) mass is 274 g/mol. The predicted octanol–water partition coefficient (Wildman–Crippen LogP) is 0.692. The maximum atomic E-state index is 12.0. The fraction of sp³-hybridized carbons (Fsp3) is 0.308. The van der Waals surface area contributed by atoms with Gasteiger partial charge in [0, 0.05) is 37.4 Å². The topological polar surface area (TPSA) is 97.9 Å². The Balaban J connectivity index is 1.85. The van der Waals surface area contributed by atoms with Gasteiger partial charge in [-0.1, -0.05) is 0 Å². The summed E-state index contributed by atoms with van der Waals surface area (Å²) in [4.78, 5) is 20.1. The lowest BCUT2D eigenvalue weighted by Gasteiger charge is -2.10. The van der Waals surface area contributed by atoms with Crippen molar-refractivity contribution in [3.8, 4) is 0 Å². The molecular formula is C13H18N6O. The van der Waals surface area contributed by atoms with E-state index in [1.165, 1.54) is 6.20 Å². The van der Waals surface area contributed by atoms with Crippen LogP contribution in [0.3, 0.4) is 0 Å². The Morgan fingerprint density at radius 3 is 3.05 bits per heavy atom. The first-order valence-electron chi connectivity index (χ1n) is 6.38. The van der Waals surface area contributed by atoms with E-state index in [0.717, 1.165) is 18.7 Å². The Bertz CT molecular complexity index is 566. The minimum absolute atomic E-state index is 0.184. The molecule has 7 nitrogen and oxygen atoms in total. The van der Waals surface area contributed by atoms with E-state index < -0.39 is 0 Å². The first-order chi connectivity index (χ1) is 9.70. The number of nitrogen functional groups attached to an aromatic ring is 1. The highest BCUT2D eigenvalue weighted by molar-refractivity contribution is 5.99. The Morgan fingerprint density at radius 2 is 2.35 bits per heavy atom. The van der Waals surface area contributed by atoms with Crippen molar-refractivity contribution < 1.29 is 4.79 Å². The highest BCUT2D eigenvalue weighted by atomic mass is 16.1. The zero-order valence-corrected chi connectivity index (χ0v) is 11.3. The number of pyridine rings is 1. The first-order valence-corrected chi connectivity index (χ1v) is 6.38. The fourth-order valence-corrected chi connectivity index (χ4v) is 1.84. The number of nitrogens with zero attached hydrogens (tertiary/aromatic N) is 3. The molecule has 0 bridgehead atoms. The van der Waals surface area contributed by atoms with Gasteiger partial charge in [0.15, 0.2) is 0 Å². The van der Waals surface area contributed by atoms with Gasteiger partial charge >= 0.3 is 0 Å². The molecule has 0 aromatic carbocycles. The van der Waals surface area contributed by atoms with Gasteiger partial charge in [-0.15, -0.1) is 0 Å². The van der Waals surface area contributed by atoms with Crippen molar-refractivity contribution in [3.05, 3.63) is 42.2 Å². The number of anilines is 1. The van der Waals surface area contributed by atoms with Crippen molar-refractivity contribution in [1.82, 2.24) is 19.9 Å². The maximum Gasteiger partial charge on any atom is 0.255 e. The molecule has 0 saturated carbocycles. The maximum absolute atomic E-state index is 12.0. The molecule has 0 atom stereocenters. The molecule has 4 N–H and O–H groups in total. The van der Waals surface area contributed by atoms with Crippen LogP contribution in [0.2, 0.25) is 0 Å². The summed E-state index contributed by atoms with van der Waals surface area (Å²) in [7, 11) is 0. The summed E-state index contributed by atoms with van der Waals surface area (Å²) in [5.41, 5.74) is 4.34. The Labute approximate surface area is 117 Å². The standard InChI is InChI=1S/C13H18N6O/c1-10-7-12(18-14)11(8-17-10)13(20)16-3-2-5-19-6-4-15-9-19/h4,6-9H,2-3,5,14H2,1H3,(H,16,20)(H,17,18). The molecule has 0 fully saturated rings. The summed E-state index contributed by atoms with van der Waals surface area (Å²) in [5, 5.41) is 2.85. The molecule has 0 aliphatic heterocycles. The van der Waals surface area contributed by atoms with Gasteiger partial charge < -0.3 is 15.3 Å². The Kier molecular flexibility index (Phi) is 4.67. The second-order valence-corrected chi connectivity index (χ2v) is 4.43. The van der Waals surface area contributed by atoms with Crippen LogP contribution in [0.15, 0.2) is 31.0 Å². The van der Waals surface area contributed by atoms with Crippen molar-refractivity contribution in [3.63, 3.8) is 0 Å². The Hall–Kier alpha value is -2.41. The lowest BCUT2D eigenvalue weighted by atomic mass is 10.2. The van der Waals surface area contributed by atoms with Crippen molar-refractivity contribution in [2.24, 2.45) is 5.84 Å². The van der Waals surface area contributed by atoms with E-state index in [9.17, 15) is 4.79 Å². The number of amides is 1. The molecule has 0 aliphatic carbocycles. The normalized spacial score (nSPS) is 10.3. The second kappa shape index (κ2) is 6.67. The average Bonchev–Trinajstić information content (AvgIpc) is 2.96. The average molecular weight is 274 g/mol. The van der Waals surface area contributed by atoms with Crippen molar-refractivity contribution in [2.45, 2.75) is 19.9 Å². The lowest BCUT2D eigenvalue weighted by molar-refractivity contribution is 0.0953. The van der Waals surface area contributed by atoms with Crippen LogP contribution in [0, 0.1) is 6.92 Å². The zero-order valence-electron chi connectivity index (χ0n) is 11.3. The van der Waals surface area contributed by atoms with E-state index in [2.05, 4.69) is 20.7 Å². The summed E-state index contributed by atoms with van der Waals surface area (Å²) >= 11 is 0. The third-order valence-corrected chi connectivity index (χ3v) is 2.88. The van der Waals surface area contributed by atoms with E-state index in [0.29, 0.717) is 17.8 Å². The molecule has 1 amide bonds. The van der Waals surface area contributed by atoms with Crippen LogP contribution in [0.25, 0.3) is 0 Å². The Morgan fingerprint density at radius 1 is 1.50 bits per heavy atom. The van der Waals surface area contributed by atoms with Crippen LogP contribution in [0.4, 0.5) is 5.69 Å². The number of carbonyl (C=O) groups is 1. The summed E-state index contributed by atoms with van der Waals surface area (Å²) in [6.07, 6.45) is 7.72. The van der Waals surface area contributed by atoms with Crippen molar-refractivity contribution in [1.29, 1.82) is 0 Å². The van der Waals surface area contributed by atoms with Gasteiger partial charge in [-0.3, -0.25) is 15.6 Å². The number of aromatic nitrogens is 3. The van der Waals surface area contributed by atoms with Gasteiger partial charge in [-0.2, -0.15) is 0 Å². The third kappa shape index (κ3) is 3.55. The molecule has 0 saturated heterocycles. The number of hydrazine groups is 1. The molecular weight excluding hydrogens is 256 g/mol. The highest BCUT2D eigenvalue weighted by Gasteiger charge is 2.11. The number of hydrogen-bond donors (Lipinski definition) is 3. The van der Waals surface area contributed by atoms with Crippen molar-refractivity contribution >= 4 is 11.6 Å². The van der Waals surface area contributed by atoms with Crippen LogP contribution >= 0.6 is 0 Å².